The Morgan fingerprint density at radius 1 is 1.21 bits per heavy atom. The zero-order valence-electron chi connectivity index (χ0n) is 15.8. The van der Waals surface area contributed by atoms with Crippen molar-refractivity contribution in [3.8, 4) is 5.75 Å². The monoisotopic (exact) mass is 402 g/mol. The molecule has 1 fully saturated rings. The van der Waals surface area contributed by atoms with Gasteiger partial charge in [-0.3, -0.25) is 9.59 Å². The van der Waals surface area contributed by atoms with Crippen LogP contribution in [0, 0.1) is 5.92 Å². The number of likely N-dealkylation sites (tertiary alicyclic amines) is 1. The first kappa shape index (κ1) is 22.0. The fourth-order valence-electron chi connectivity index (χ4n) is 3.02. The third-order valence-corrected chi connectivity index (χ3v) is 4.59. The van der Waals surface area contributed by atoms with Crippen molar-refractivity contribution in [1.82, 2.24) is 10.2 Å². The fraction of sp³-hybridized carbons (Fsp3) is 0.579. The fourth-order valence-corrected chi connectivity index (χ4v) is 3.02. The van der Waals surface area contributed by atoms with Crippen molar-refractivity contribution >= 4 is 11.8 Å². The van der Waals surface area contributed by atoms with Gasteiger partial charge in [0.05, 0.1) is 5.56 Å². The van der Waals surface area contributed by atoms with E-state index in [0.717, 1.165) is 12.5 Å². The lowest BCUT2D eigenvalue weighted by Gasteiger charge is -2.31. The number of hydrogen-bond donors (Lipinski definition) is 1. The van der Waals surface area contributed by atoms with Crippen LogP contribution in [0.25, 0.3) is 0 Å². The minimum Gasteiger partial charge on any atom is -0.483 e. The van der Waals surface area contributed by atoms with Crippen LogP contribution in [0.2, 0.25) is 0 Å². The van der Waals surface area contributed by atoms with Crippen LogP contribution in [0.15, 0.2) is 24.3 Å². The molecule has 2 amide bonds. The summed E-state index contributed by atoms with van der Waals surface area (Å²) in [6.07, 6.45) is -2.78. The molecule has 1 aliphatic rings. The normalized spacial score (nSPS) is 15.4. The van der Waals surface area contributed by atoms with Crippen molar-refractivity contribution in [3.63, 3.8) is 0 Å². The number of nitrogens with one attached hydrogen (secondary N) is 1. The average molecular weight is 402 g/mol. The van der Waals surface area contributed by atoms with E-state index in [2.05, 4.69) is 5.32 Å². The standard InChI is InChI=1S/C19H25F3N2O4/c1-27-12-4-9-23-18(26)14-7-10-24(11-8-14)17(25)13-28-16-6-3-2-5-15(16)19(20,21)22/h2-3,5-6,14H,4,7-13H2,1H3,(H,23,26). The molecule has 1 aromatic rings. The van der Waals surface area contributed by atoms with E-state index in [4.69, 9.17) is 9.47 Å². The lowest BCUT2D eigenvalue weighted by atomic mass is 9.96. The Morgan fingerprint density at radius 3 is 2.54 bits per heavy atom. The van der Waals surface area contributed by atoms with Crippen LogP contribution in [-0.2, 0) is 20.5 Å². The first-order valence-corrected chi connectivity index (χ1v) is 9.16. The average Bonchev–Trinajstić information content (AvgIpc) is 2.69. The highest BCUT2D eigenvalue weighted by atomic mass is 19.4. The molecule has 0 bridgehead atoms. The lowest BCUT2D eigenvalue weighted by molar-refractivity contribution is -0.141. The van der Waals surface area contributed by atoms with Gasteiger partial charge in [-0.25, -0.2) is 0 Å². The first-order valence-electron chi connectivity index (χ1n) is 9.16. The van der Waals surface area contributed by atoms with Crippen LogP contribution < -0.4 is 10.1 Å². The van der Waals surface area contributed by atoms with Crippen LogP contribution >= 0.6 is 0 Å². The summed E-state index contributed by atoms with van der Waals surface area (Å²) in [5.41, 5.74) is -0.911. The quantitative estimate of drug-likeness (QED) is 0.679. The van der Waals surface area contributed by atoms with Gasteiger partial charge in [-0.1, -0.05) is 12.1 Å². The molecule has 6 nitrogen and oxygen atoms in total. The second kappa shape index (κ2) is 10.3. The molecule has 0 unspecified atom stereocenters. The third-order valence-electron chi connectivity index (χ3n) is 4.59. The molecule has 156 valence electrons. The number of benzene rings is 1. The molecule has 1 saturated heterocycles. The molecule has 0 saturated carbocycles. The van der Waals surface area contributed by atoms with E-state index in [-0.39, 0.29) is 17.6 Å². The maximum absolute atomic E-state index is 13.0. The van der Waals surface area contributed by atoms with Gasteiger partial charge in [-0.15, -0.1) is 0 Å². The summed E-state index contributed by atoms with van der Waals surface area (Å²) in [7, 11) is 1.60. The predicted molar refractivity (Wildman–Crippen MR) is 95.7 cm³/mol. The number of amides is 2. The minimum absolute atomic E-state index is 0.0430. The maximum Gasteiger partial charge on any atom is 0.419 e. The maximum atomic E-state index is 13.0. The minimum atomic E-state index is -4.55. The van der Waals surface area contributed by atoms with E-state index in [9.17, 15) is 22.8 Å². The van der Waals surface area contributed by atoms with Gasteiger partial charge < -0.3 is 19.7 Å². The number of hydrogen-bond acceptors (Lipinski definition) is 4. The smallest absolute Gasteiger partial charge is 0.419 e. The van der Waals surface area contributed by atoms with Gasteiger partial charge in [0.1, 0.15) is 5.75 Å². The lowest BCUT2D eigenvalue weighted by Crippen LogP contribution is -2.44. The van der Waals surface area contributed by atoms with Gasteiger partial charge in [-0.2, -0.15) is 13.2 Å². The van der Waals surface area contributed by atoms with Crippen molar-refractivity contribution in [2.24, 2.45) is 5.92 Å². The summed E-state index contributed by atoms with van der Waals surface area (Å²) < 4.78 is 48.9. The summed E-state index contributed by atoms with van der Waals surface area (Å²) in [6.45, 7) is 1.39. The second-order valence-electron chi connectivity index (χ2n) is 6.58. The van der Waals surface area contributed by atoms with Crippen LogP contribution in [0.3, 0.4) is 0 Å². The van der Waals surface area contributed by atoms with E-state index in [0.29, 0.717) is 39.1 Å². The number of para-hydroxylation sites is 1. The van der Waals surface area contributed by atoms with Gasteiger partial charge in [0.25, 0.3) is 5.91 Å². The Kier molecular flexibility index (Phi) is 8.10. The number of rotatable bonds is 8. The van der Waals surface area contributed by atoms with Gasteiger partial charge in [0, 0.05) is 39.3 Å². The van der Waals surface area contributed by atoms with Crippen molar-refractivity contribution in [1.29, 1.82) is 0 Å². The predicted octanol–water partition coefficient (Wildman–Crippen LogP) is 2.48. The van der Waals surface area contributed by atoms with Crippen LogP contribution in [-0.4, -0.2) is 56.7 Å². The summed E-state index contributed by atoms with van der Waals surface area (Å²) in [4.78, 5) is 25.9. The zero-order chi connectivity index (χ0) is 20.6. The highest BCUT2D eigenvalue weighted by Crippen LogP contribution is 2.35. The SMILES string of the molecule is COCCCNC(=O)C1CCN(C(=O)COc2ccccc2C(F)(F)F)CC1. The van der Waals surface area contributed by atoms with Crippen molar-refractivity contribution in [2.75, 3.05) is 40.0 Å². The molecule has 0 radical (unpaired) electrons. The third kappa shape index (κ3) is 6.40. The van der Waals surface area contributed by atoms with Gasteiger partial charge in [0.15, 0.2) is 6.61 Å². The largest absolute Gasteiger partial charge is 0.483 e. The van der Waals surface area contributed by atoms with E-state index < -0.39 is 24.3 Å². The topological polar surface area (TPSA) is 67.9 Å². The number of alkyl halides is 3. The van der Waals surface area contributed by atoms with Crippen LogP contribution in [0.4, 0.5) is 13.2 Å². The number of ether oxygens (including phenoxy) is 2. The Balaban J connectivity index is 1.78. The highest BCUT2D eigenvalue weighted by molar-refractivity contribution is 5.80. The summed E-state index contributed by atoms with van der Waals surface area (Å²) in [6, 6.07) is 4.79. The summed E-state index contributed by atoms with van der Waals surface area (Å²) in [5.74, 6) is -0.971. The Labute approximate surface area is 162 Å². The van der Waals surface area contributed by atoms with E-state index in [1.165, 1.54) is 23.1 Å². The van der Waals surface area contributed by atoms with Crippen molar-refractivity contribution in [2.45, 2.75) is 25.4 Å². The summed E-state index contributed by atoms with van der Waals surface area (Å²) >= 11 is 0. The summed E-state index contributed by atoms with van der Waals surface area (Å²) in [5, 5.41) is 2.84. The molecule has 9 heteroatoms. The van der Waals surface area contributed by atoms with E-state index in [1.807, 2.05) is 0 Å². The van der Waals surface area contributed by atoms with Crippen molar-refractivity contribution in [3.05, 3.63) is 29.8 Å². The molecule has 0 atom stereocenters. The second-order valence-corrected chi connectivity index (χ2v) is 6.58. The highest BCUT2D eigenvalue weighted by Gasteiger charge is 2.34. The molecule has 0 aromatic heterocycles. The molecule has 2 rings (SSSR count). The van der Waals surface area contributed by atoms with Gasteiger partial charge in [-0.05, 0) is 31.4 Å². The number of piperidine rings is 1. The van der Waals surface area contributed by atoms with E-state index >= 15 is 0 Å². The van der Waals surface area contributed by atoms with E-state index in [1.54, 1.807) is 7.11 Å². The molecule has 1 N–H and O–H groups in total. The van der Waals surface area contributed by atoms with Crippen LogP contribution in [0.1, 0.15) is 24.8 Å². The molecule has 0 aliphatic carbocycles. The Morgan fingerprint density at radius 2 is 1.89 bits per heavy atom. The van der Waals surface area contributed by atoms with Crippen molar-refractivity contribution < 1.29 is 32.2 Å². The molecular formula is C19H25F3N2O4. The molecule has 28 heavy (non-hydrogen) atoms. The first-order chi connectivity index (χ1) is 13.3. The zero-order valence-corrected chi connectivity index (χ0v) is 15.8. The van der Waals surface area contributed by atoms with Gasteiger partial charge in [0.2, 0.25) is 5.91 Å². The Hall–Kier alpha value is -2.29. The number of carbonyl (C=O) groups is 2. The number of halogens is 3. The molecule has 0 spiro atoms. The number of nitrogens with zero attached hydrogens (tertiary/aromatic N) is 1. The number of carbonyl (C=O) groups excluding carboxylic acids is 2. The van der Waals surface area contributed by atoms with Crippen LogP contribution in [0.5, 0.6) is 5.75 Å². The van der Waals surface area contributed by atoms with Gasteiger partial charge >= 0.3 is 6.18 Å². The number of methoxy groups -OCH3 is 1. The Bertz CT molecular complexity index is 659. The molecule has 1 aliphatic heterocycles. The molecule has 1 aromatic carbocycles. The molecular weight excluding hydrogens is 377 g/mol. The molecule has 1 heterocycles.